The molecule has 0 aliphatic heterocycles. The second-order valence-corrected chi connectivity index (χ2v) is 38.8. The zero-order valence-electron chi connectivity index (χ0n) is 80.7. The van der Waals surface area contributed by atoms with Crippen molar-refractivity contribution in [3.63, 3.8) is 0 Å². The molecule has 0 aliphatic carbocycles. The first-order valence-electron chi connectivity index (χ1n) is 50.2. The molecule has 700 valence electrons. The van der Waals surface area contributed by atoms with E-state index < -0.39 is 0 Å². The maximum atomic E-state index is 6.33. The molecule has 30 aromatic rings. The minimum absolute atomic E-state index is 0.608. The molecule has 0 bridgehead atoms. The van der Waals surface area contributed by atoms with E-state index in [1.165, 1.54) is 41.7 Å². The van der Waals surface area contributed by atoms with Crippen LogP contribution < -0.4 is 0 Å². The molecule has 23 aromatic carbocycles. The lowest BCUT2D eigenvalue weighted by Gasteiger charge is -2.12. The summed E-state index contributed by atoms with van der Waals surface area (Å²) < 4.78 is 17.3. The van der Waals surface area contributed by atoms with Gasteiger partial charge in [0.2, 0.25) is 0 Å². The number of rotatable bonds is 14. The Balaban J connectivity index is 0.000000110. The van der Waals surface area contributed by atoms with E-state index in [2.05, 4.69) is 441 Å². The highest BCUT2D eigenvalue weighted by Crippen LogP contribution is 2.48. The minimum Gasteiger partial charge on any atom is -0.456 e. The van der Waals surface area contributed by atoms with Gasteiger partial charge in [-0.05, 0) is 189 Å². The lowest BCUT2D eigenvalue weighted by Crippen LogP contribution is -2.01. The van der Waals surface area contributed by atoms with Crippen LogP contribution in [-0.2, 0) is 0 Å². The molecule has 30 rings (SSSR count). The fraction of sp³-hybridized carbons (Fsp3) is 0. The summed E-state index contributed by atoms with van der Waals surface area (Å²) in [5.74, 6) is 5.78. The predicted octanol–water partition coefficient (Wildman–Crippen LogP) is 36.3. The van der Waals surface area contributed by atoms with Crippen molar-refractivity contribution < 1.29 is 8.83 Å². The lowest BCUT2D eigenvalue weighted by molar-refractivity contribution is 0.669. The van der Waals surface area contributed by atoms with Crippen LogP contribution >= 0.6 is 11.3 Å². The molecule has 0 unspecified atom stereocenters. The second-order valence-electron chi connectivity index (χ2n) is 37.7. The summed E-state index contributed by atoms with van der Waals surface area (Å²) in [6.07, 6.45) is 0. The summed E-state index contributed by atoms with van der Waals surface area (Å²) in [6.45, 7) is 0. The summed E-state index contributed by atoms with van der Waals surface area (Å²) >= 11 is 1.81. The first-order chi connectivity index (χ1) is 74.3. The average Bonchev–Trinajstić information content (AvgIpc) is 1.57. The van der Waals surface area contributed by atoms with Crippen molar-refractivity contribution in [2.45, 2.75) is 0 Å². The van der Waals surface area contributed by atoms with E-state index in [1.54, 1.807) is 0 Å². The van der Waals surface area contributed by atoms with Crippen molar-refractivity contribution in [3.8, 4) is 153 Å². The Bertz CT molecular complexity index is 10500. The molecule has 7 heterocycles. The Morgan fingerprint density at radius 1 is 0.160 bits per heavy atom. The van der Waals surface area contributed by atoms with Crippen molar-refractivity contribution in [1.82, 2.24) is 49.4 Å². The number of para-hydroxylation sites is 3. The third-order valence-electron chi connectivity index (χ3n) is 28.6. The van der Waals surface area contributed by atoms with Crippen LogP contribution in [0.1, 0.15) is 0 Å². The van der Waals surface area contributed by atoms with Crippen LogP contribution in [0.2, 0.25) is 0 Å². The lowest BCUT2D eigenvalue weighted by atomic mass is 9.95. The van der Waals surface area contributed by atoms with Crippen LogP contribution in [0.15, 0.2) is 518 Å². The molecule has 13 heteroatoms. The summed E-state index contributed by atoms with van der Waals surface area (Å²) in [4.78, 5) is 46.3. The highest BCUT2D eigenvalue weighted by atomic mass is 32.1. The first-order valence-corrected chi connectivity index (χ1v) is 51.1. The van der Waals surface area contributed by atoms with E-state index in [1.807, 2.05) is 84.1 Å². The predicted molar refractivity (Wildman–Crippen MR) is 619 cm³/mol. The number of furan rings is 2. The van der Waals surface area contributed by atoms with Crippen molar-refractivity contribution >= 4 is 151 Å². The van der Waals surface area contributed by atoms with E-state index in [4.69, 9.17) is 53.7 Å². The van der Waals surface area contributed by atoms with Gasteiger partial charge >= 0.3 is 0 Å². The van der Waals surface area contributed by atoms with Gasteiger partial charge in [-0.2, -0.15) is 0 Å². The van der Waals surface area contributed by atoms with Gasteiger partial charge < -0.3 is 13.4 Å². The van der Waals surface area contributed by atoms with Crippen molar-refractivity contribution in [2.75, 3.05) is 0 Å². The largest absolute Gasteiger partial charge is 0.456 e. The molecule has 0 spiro atoms. The number of aromatic nitrogens is 10. The standard InChI is InChI=1S/C55H34N4O.C41H25N3O.C41H25N3S/c1-3-14-35(15-4-1)36-28-30-37(31-29-36)53-56-54(58-55(57-53)45-24-13-26-49-52(45)44-22-7-9-25-48(44)59(49)41-19-5-2-6-20-41)40-18-11-16-38(32-40)42-23-12-17-39-33-51-47(34-46(39)42)43-21-8-10-27-50(43)60-51;1-2-11-28(12-3-1)39-42-40(44-41(43-39)34-18-8-15-26-10-6-7-16-32(26)34)29-22-20-27(21-23-29)33-17-9-19-36-38(33)35-24-30-13-4-5-14-31(30)25-37(35)45-36;1-3-12-26(13-4-1)31-23-35-34-22-29-17-7-8-18-30(29)25-37(34)45-38(35)36(24-31)41-43-39(28-15-5-2-6-16-28)42-40(44-41)33-21-11-19-27-14-9-10-20-32(27)33/h1-34H;2*1-25H. The first kappa shape index (κ1) is 87.8. The monoisotopic (exact) mass is 1930 g/mol. The third-order valence-corrected chi connectivity index (χ3v) is 29.9. The Hall–Kier alpha value is -20.0. The topological polar surface area (TPSA) is 147 Å². The zero-order valence-corrected chi connectivity index (χ0v) is 81.5. The zero-order chi connectivity index (χ0) is 99.1. The molecule has 0 aliphatic rings. The van der Waals surface area contributed by atoms with Crippen molar-refractivity contribution in [2.24, 2.45) is 0 Å². The number of hydrogen-bond acceptors (Lipinski definition) is 12. The second kappa shape index (κ2) is 37.3. The summed E-state index contributed by atoms with van der Waals surface area (Å²) in [5.41, 5.74) is 24.5. The number of nitrogens with zero attached hydrogens (tertiary/aromatic N) is 10. The van der Waals surface area contributed by atoms with Crippen LogP contribution in [0.4, 0.5) is 0 Å². The minimum atomic E-state index is 0.608. The summed E-state index contributed by atoms with van der Waals surface area (Å²) in [5, 5.41) is 20.8. The Kier molecular flexibility index (Phi) is 21.8. The molecule has 0 saturated carbocycles. The van der Waals surface area contributed by atoms with Crippen LogP contribution in [-0.4, -0.2) is 49.4 Å². The molecule has 0 amide bonds. The Labute approximate surface area is 865 Å². The van der Waals surface area contributed by atoms with Gasteiger partial charge in [0.05, 0.1) is 11.0 Å². The van der Waals surface area contributed by atoms with Gasteiger partial charge in [-0.1, -0.05) is 419 Å². The van der Waals surface area contributed by atoms with Gasteiger partial charge in [-0.25, -0.2) is 44.9 Å². The van der Waals surface area contributed by atoms with Crippen LogP contribution in [0.3, 0.4) is 0 Å². The van der Waals surface area contributed by atoms with Gasteiger partial charge in [0.15, 0.2) is 52.4 Å². The quantitative estimate of drug-likeness (QED) is 0.102. The fourth-order valence-corrected chi connectivity index (χ4v) is 22.6. The van der Waals surface area contributed by atoms with E-state index >= 15 is 0 Å². The normalized spacial score (nSPS) is 11.6. The van der Waals surface area contributed by atoms with Crippen molar-refractivity contribution in [1.29, 1.82) is 0 Å². The molecule has 12 nitrogen and oxygen atoms in total. The molecule has 7 aromatic heterocycles. The highest BCUT2D eigenvalue weighted by molar-refractivity contribution is 7.26. The van der Waals surface area contributed by atoms with E-state index in [0.29, 0.717) is 52.4 Å². The molecule has 0 N–H and O–H groups in total. The van der Waals surface area contributed by atoms with Gasteiger partial charge in [-0.3, -0.25) is 0 Å². The van der Waals surface area contributed by atoms with Gasteiger partial charge in [0.25, 0.3) is 0 Å². The highest BCUT2D eigenvalue weighted by Gasteiger charge is 2.26. The van der Waals surface area contributed by atoms with E-state index in [9.17, 15) is 0 Å². The molecule has 0 saturated heterocycles. The third kappa shape index (κ3) is 16.1. The van der Waals surface area contributed by atoms with Crippen molar-refractivity contribution in [3.05, 3.63) is 510 Å². The maximum absolute atomic E-state index is 6.33. The molecular formula is C137H84N10O2S. The SMILES string of the molecule is c1ccc(-c2cc(-c3nc(-c4ccccc4)nc(-c4cccc5ccccc45)n3)c3sc4cc5ccccc5cc4c3c2)cc1.c1ccc(-c2ccc(-c3nc(-c4cccc(-c5cccc6cc7oc8ccccc8c7cc56)c4)nc(-c4cccc5c4c4ccccc4n5-c4ccccc4)n3)cc2)cc1.c1ccc(-c2nc(-c3ccc(-c4cccc5oc6cc7ccccc7cc6c45)cc3)nc(-c3cccc4ccccc34)n2)cc1. The smallest absolute Gasteiger partial charge is 0.165 e. The Morgan fingerprint density at radius 2 is 0.533 bits per heavy atom. The molecule has 0 radical (unpaired) electrons. The van der Waals surface area contributed by atoms with Crippen LogP contribution in [0, 0.1) is 0 Å². The maximum Gasteiger partial charge on any atom is 0.165 e. The molecular weight excluding hydrogens is 1850 g/mol. The summed E-state index contributed by atoms with van der Waals surface area (Å²) in [7, 11) is 0. The van der Waals surface area contributed by atoms with Gasteiger partial charge in [-0.15, -0.1) is 11.3 Å². The van der Waals surface area contributed by atoms with Gasteiger partial charge in [0, 0.05) is 108 Å². The van der Waals surface area contributed by atoms with Gasteiger partial charge in [0.1, 0.15) is 22.3 Å². The molecule has 150 heavy (non-hydrogen) atoms. The van der Waals surface area contributed by atoms with E-state index in [0.717, 1.165) is 198 Å². The number of thiophene rings is 1. The van der Waals surface area contributed by atoms with E-state index in [-0.39, 0.29) is 0 Å². The molecule has 0 fully saturated rings. The fourth-order valence-electron chi connectivity index (χ4n) is 21.4. The number of hydrogen-bond donors (Lipinski definition) is 0. The Morgan fingerprint density at radius 3 is 1.15 bits per heavy atom. The number of benzene rings is 23. The number of fused-ring (bicyclic) bond motifs is 17. The van der Waals surface area contributed by atoms with Crippen LogP contribution in [0.25, 0.3) is 292 Å². The molecule has 0 atom stereocenters. The van der Waals surface area contributed by atoms with Crippen LogP contribution in [0.5, 0.6) is 0 Å². The average molecular weight is 1930 g/mol. The summed E-state index contributed by atoms with van der Waals surface area (Å²) in [6, 6.07) is 178.